The fraction of sp³-hybridized carbons (Fsp3) is 0.136. The van der Waals surface area contributed by atoms with E-state index < -0.39 is 27.7 Å². The second-order valence-electron chi connectivity index (χ2n) is 7.10. The molecule has 0 aliphatic carbocycles. The Morgan fingerprint density at radius 1 is 0.969 bits per heavy atom. The highest BCUT2D eigenvalue weighted by Crippen LogP contribution is 2.31. The van der Waals surface area contributed by atoms with Gasteiger partial charge < -0.3 is 5.32 Å². The van der Waals surface area contributed by atoms with Gasteiger partial charge in [0, 0.05) is 11.3 Å². The molecule has 0 fully saturated rings. The second-order valence-corrected chi connectivity index (χ2v) is 9.16. The smallest absolute Gasteiger partial charge is 0.322 e. The van der Waals surface area contributed by atoms with E-state index in [4.69, 9.17) is 11.6 Å². The first-order valence-corrected chi connectivity index (χ1v) is 11.1. The van der Waals surface area contributed by atoms with E-state index in [1.807, 2.05) is 13.0 Å². The largest absolute Gasteiger partial charge is 0.416 e. The zero-order chi connectivity index (χ0) is 23.7. The van der Waals surface area contributed by atoms with E-state index in [1.54, 1.807) is 19.1 Å². The lowest BCUT2D eigenvalue weighted by molar-refractivity contribution is -0.137. The van der Waals surface area contributed by atoms with Gasteiger partial charge in [-0.1, -0.05) is 29.8 Å². The summed E-state index contributed by atoms with van der Waals surface area (Å²) in [4.78, 5) is 12.2. The number of benzene rings is 3. The number of sulfonamides is 1. The molecule has 3 aromatic rings. The summed E-state index contributed by atoms with van der Waals surface area (Å²) in [5, 5.41) is 2.23. The molecular formula is C22H18ClF3N2O3S. The molecule has 168 valence electrons. The van der Waals surface area contributed by atoms with Crippen LogP contribution in [-0.2, 0) is 16.2 Å². The fourth-order valence-electron chi connectivity index (χ4n) is 2.87. The zero-order valence-electron chi connectivity index (χ0n) is 16.9. The third-order valence-corrected chi connectivity index (χ3v) is 6.42. The predicted molar refractivity (Wildman–Crippen MR) is 118 cm³/mol. The minimum Gasteiger partial charge on any atom is -0.322 e. The number of rotatable bonds is 5. The number of hydrogen-bond acceptors (Lipinski definition) is 3. The molecule has 0 unspecified atom stereocenters. The number of anilines is 2. The standard InChI is InChI=1S/C22H18ClF3N2O3S/c1-13-6-7-14(2)19(10-13)28-32(30,31)20-11-15(8-9-18(20)23)21(29)27-17-5-3-4-16(12-17)22(24,25)26/h3-12,28H,1-2H3,(H,27,29). The third-order valence-electron chi connectivity index (χ3n) is 4.57. The number of hydrogen-bond donors (Lipinski definition) is 2. The summed E-state index contributed by atoms with van der Waals surface area (Å²) in [7, 11) is -4.15. The highest BCUT2D eigenvalue weighted by Gasteiger charge is 2.30. The predicted octanol–water partition coefficient (Wildman–Crippen LogP) is 6.03. The van der Waals surface area contributed by atoms with Crippen LogP contribution in [0.3, 0.4) is 0 Å². The molecule has 0 saturated heterocycles. The number of halogens is 4. The van der Waals surface area contributed by atoms with Gasteiger partial charge in [-0.05, 0) is 67.4 Å². The molecule has 3 rings (SSSR count). The molecule has 10 heteroatoms. The Kier molecular flexibility index (Phi) is 6.52. The maximum atomic E-state index is 12.9. The van der Waals surface area contributed by atoms with E-state index in [0.717, 1.165) is 29.8 Å². The van der Waals surface area contributed by atoms with Crippen molar-refractivity contribution in [3.63, 3.8) is 0 Å². The van der Waals surface area contributed by atoms with Gasteiger partial charge in [-0.2, -0.15) is 13.2 Å². The van der Waals surface area contributed by atoms with Crippen molar-refractivity contribution in [1.29, 1.82) is 0 Å². The third kappa shape index (κ3) is 5.41. The van der Waals surface area contributed by atoms with Gasteiger partial charge in [-0.15, -0.1) is 0 Å². The first-order valence-electron chi connectivity index (χ1n) is 9.25. The van der Waals surface area contributed by atoms with Crippen LogP contribution in [0.25, 0.3) is 0 Å². The zero-order valence-corrected chi connectivity index (χ0v) is 18.5. The van der Waals surface area contributed by atoms with Crippen LogP contribution in [0.1, 0.15) is 27.0 Å². The molecule has 0 heterocycles. The Balaban J connectivity index is 1.90. The normalized spacial score (nSPS) is 11.8. The molecule has 0 aliphatic heterocycles. The highest BCUT2D eigenvalue weighted by atomic mass is 35.5. The topological polar surface area (TPSA) is 75.3 Å². The van der Waals surface area contributed by atoms with E-state index in [-0.39, 0.29) is 21.2 Å². The quantitative estimate of drug-likeness (QED) is 0.466. The molecule has 0 bridgehead atoms. The number of amides is 1. The van der Waals surface area contributed by atoms with Gasteiger partial charge in [0.25, 0.3) is 15.9 Å². The van der Waals surface area contributed by atoms with Crippen molar-refractivity contribution >= 4 is 38.9 Å². The number of carbonyl (C=O) groups is 1. The number of nitrogens with one attached hydrogen (secondary N) is 2. The van der Waals surface area contributed by atoms with Crippen LogP contribution in [-0.4, -0.2) is 14.3 Å². The molecule has 0 aromatic heterocycles. The molecule has 0 spiro atoms. The van der Waals surface area contributed by atoms with Crippen molar-refractivity contribution in [1.82, 2.24) is 0 Å². The highest BCUT2D eigenvalue weighted by molar-refractivity contribution is 7.92. The van der Waals surface area contributed by atoms with E-state index in [9.17, 15) is 26.4 Å². The van der Waals surface area contributed by atoms with Crippen molar-refractivity contribution in [2.45, 2.75) is 24.9 Å². The number of aryl methyl sites for hydroxylation is 2. The molecule has 0 saturated carbocycles. The minimum absolute atomic E-state index is 0.0855. The van der Waals surface area contributed by atoms with Gasteiger partial charge in [0.2, 0.25) is 0 Å². The van der Waals surface area contributed by atoms with Gasteiger partial charge in [0.1, 0.15) is 4.90 Å². The van der Waals surface area contributed by atoms with Gasteiger partial charge >= 0.3 is 6.18 Å². The van der Waals surface area contributed by atoms with E-state index in [2.05, 4.69) is 10.0 Å². The van der Waals surface area contributed by atoms with Crippen LogP contribution in [0.2, 0.25) is 5.02 Å². The average Bonchev–Trinajstić information content (AvgIpc) is 2.70. The SMILES string of the molecule is Cc1ccc(C)c(NS(=O)(=O)c2cc(C(=O)Nc3cccc(C(F)(F)F)c3)ccc2Cl)c1. The van der Waals surface area contributed by atoms with Crippen LogP contribution in [0.4, 0.5) is 24.5 Å². The summed E-state index contributed by atoms with van der Waals surface area (Å²) in [5.41, 5.74) is 0.792. The Morgan fingerprint density at radius 2 is 1.69 bits per heavy atom. The van der Waals surface area contributed by atoms with Gasteiger partial charge in [-0.3, -0.25) is 9.52 Å². The monoisotopic (exact) mass is 482 g/mol. The van der Waals surface area contributed by atoms with Crippen LogP contribution in [0, 0.1) is 13.8 Å². The summed E-state index contributed by atoms with van der Waals surface area (Å²) in [6.45, 7) is 3.54. The first-order chi connectivity index (χ1) is 14.9. The van der Waals surface area contributed by atoms with Crippen LogP contribution in [0.5, 0.6) is 0 Å². The molecule has 0 aliphatic rings. The first kappa shape index (κ1) is 23.6. The van der Waals surface area contributed by atoms with Crippen molar-refractivity contribution in [3.8, 4) is 0 Å². The van der Waals surface area contributed by atoms with Crippen molar-refractivity contribution in [3.05, 3.63) is 87.9 Å². The van der Waals surface area contributed by atoms with E-state index in [1.165, 1.54) is 18.2 Å². The van der Waals surface area contributed by atoms with Crippen molar-refractivity contribution < 1.29 is 26.4 Å². The molecule has 32 heavy (non-hydrogen) atoms. The maximum absolute atomic E-state index is 12.9. The Hall–Kier alpha value is -3.04. The molecule has 0 atom stereocenters. The Labute approximate surface area is 188 Å². The number of carbonyl (C=O) groups excluding carboxylic acids is 1. The summed E-state index contributed by atoms with van der Waals surface area (Å²) in [6, 6.07) is 12.9. The average molecular weight is 483 g/mol. The Bertz CT molecular complexity index is 1290. The van der Waals surface area contributed by atoms with E-state index >= 15 is 0 Å². The molecular weight excluding hydrogens is 465 g/mol. The van der Waals surface area contributed by atoms with Gasteiger partial charge in [0.05, 0.1) is 16.3 Å². The minimum atomic E-state index is -4.57. The van der Waals surface area contributed by atoms with Crippen molar-refractivity contribution in [2.75, 3.05) is 10.0 Å². The lowest BCUT2D eigenvalue weighted by Gasteiger charge is -2.14. The van der Waals surface area contributed by atoms with Crippen LogP contribution in [0.15, 0.2) is 65.6 Å². The van der Waals surface area contributed by atoms with Gasteiger partial charge in [0.15, 0.2) is 0 Å². The lowest BCUT2D eigenvalue weighted by atomic mass is 10.1. The molecule has 5 nitrogen and oxygen atoms in total. The fourth-order valence-corrected chi connectivity index (χ4v) is 4.52. The van der Waals surface area contributed by atoms with Crippen LogP contribution < -0.4 is 10.0 Å². The Morgan fingerprint density at radius 3 is 2.38 bits per heavy atom. The molecule has 2 N–H and O–H groups in total. The number of alkyl halides is 3. The lowest BCUT2D eigenvalue weighted by Crippen LogP contribution is -2.17. The van der Waals surface area contributed by atoms with E-state index in [0.29, 0.717) is 11.3 Å². The molecule has 3 aromatic carbocycles. The van der Waals surface area contributed by atoms with Crippen molar-refractivity contribution in [2.24, 2.45) is 0 Å². The summed E-state index contributed by atoms with van der Waals surface area (Å²) in [6.07, 6.45) is -4.57. The molecule has 1 amide bonds. The second kappa shape index (κ2) is 8.84. The summed E-state index contributed by atoms with van der Waals surface area (Å²) in [5.74, 6) is -0.788. The summed E-state index contributed by atoms with van der Waals surface area (Å²) < 4.78 is 67.0. The van der Waals surface area contributed by atoms with Gasteiger partial charge in [-0.25, -0.2) is 8.42 Å². The van der Waals surface area contributed by atoms with Crippen LogP contribution >= 0.6 is 11.6 Å². The summed E-state index contributed by atoms with van der Waals surface area (Å²) >= 11 is 6.08. The maximum Gasteiger partial charge on any atom is 0.416 e. The molecule has 0 radical (unpaired) electrons.